The third kappa shape index (κ3) is 2.40. The molecule has 7 heteroatoms. The van der Waals surface area contributed by atoms with Gasteiger partial charge in [-0.1, -0.05) is 0 Å². The smallest absolute Gasteiger partial charge is 0.244 e. The van der Waals surface area contributed by atoms with E-state index in [2.05, 4.69) is 20.5 Å². The lowest BCUT2D eigenvalue weighted by atomic mass is 10.3. The summed E-state index contributed by atoms with van der Waals surface area (Å²) in [5, 5.41) is 9.39. The standard InChI is InChI=1S/C9H5ClF2N4/c10-9-15-8(4-13-16-9)14-7-3-5(11)1-2-6(7)12/h1-4H,(H,14,15,16). The van der Waals surface area contributed by atoms with Crippen molar-refractivity contribution in [3.63, 3.8) is 0 Å². The van der Waals surface area contributed by atoms with Crippen LogP contribution in [0.15, 0.2) is 24.4 Å². The van der Waals surface area contributed by atoms with Gasteiger partial charge in [-0.2, -0.15) is 10.1 Å². The summed E-state index contributed by atoms with van der Waals surface area (Å²) in [5.74, 6) is -0.974. The largest absolute Gasteiger partial charge is 0.336 e. The monoisotopic (exact) mass is 242 g/mol. The Labute approximate surface area is 94.3 Å². The van der Waals surface area contributed by atoms with E-state index in [1.165, 1.54) is 6.20 Å². The zero-order chi connectivity index (χ0) is 11.5. The van der Waals surface area contributed by atoms with Crippen LogP contribution in [0.1, 0.15) is 0 Å². The number of hydrogen-bond acceptors (Lipinski definition) is 4. The summed E-state index contributed by atoms with van der Waals surface area (Å²) in [6.07, 6.45) is 1.25. The molecule has 16 heavy (non-hydrogen) atoms. The second kappa shape index (κ2) is 4.36. The zero-order valence-corrected chi connectivity index (χ0v) is 8.54. The van der Waals surface area contributed by atoms with Crippen LogP contribution in [0.4, 0.5) is 20.3 Å². The third-order valence-electron chi connectivity index (χ3n) is 1.72. The molecule has 82 valence electrons. The molecule has 0 atom stereocenters. The highest BCUT2D eigenvalue weighted by atomic mass is 35.5. The second-order valence-electron chi connectivity index (χ2n) is 2.86. The van der Waals surface area contributed by atoms with Crippen LogP contribution >= 0.6 is 11.6 Å². The lowest BCUT2D eigenvalue weighted by molar-refractivity contribution is 0.603. The van der Waals surface area contributed by atoms with Crippen molar-refractivity contribution < 1.29 is 8.78 Å². The number of rotatable bonds is 2. The maximum atomic E-state index is 13.2. The molecule has 0 aliphatic heterocycles. The molecule has 1 N–H and O–H groups in total. The molecule has 0 saturated carbocycles. The van der Waals surface area contributed by atoms with Crippen LogP contribution in [-0.2, 0) is 0 Å². The Morgan fingerprint density at radius 2 is 2.06 bits per heavy atom. The Morgan fingerprint density at radius 3 is 2.81 bits per heavy atom. The summed E-state index contributed by atoms with van der Waals surface area (Å²) in [5.41, 5.74) is -0.0448. The van der Waals surface area contributed by atoms with Crippen molar-refractivity contribution in [2.75, 3.05) is 5.32 Å². The van der Waals surface area contributed by atoms with Crippen molar-refractivity contribution in [2.45, 2.75) is 0 Å². The first-order valence-electron chi connectivity index (χ1n) is 4.22. The fraction of sp³-hybridized carbons (Fsp3) is 0. The first-order chi connectivity index (χ1) is 7.65. The third-order valence-corrected chi connectivity index (χ3v) is 1.88. The maximum Gasteiger partial charge on any atom is 0.244 e. The Hall–Kier alpha value is -1.82. The summed E-state index contributed by atoms with van der Waals surface area (Å²) in [4.78, 5) is 3.73. The molecule has 0 radical (unpaired) electrons. The lowest BCUT2D eigenvalue weighted by Crippen LogP contribution is -1.99. The van der Waals surface area contributed by atoms with Crippen molar-refractivity contribution >= 4 is 23.1 Å². The molecule has 1 aromatic carbocycles. The number of halogens is 3. The zero-order valence-electron chi connectivity index (χ0n) is 7.78. The Morgan fingerprint density at radius 1 is 1.25 bits per heavy atom. The van der Waals surface area contributed by atoms with E-state index in [9.17, 15) is 8.78 Å². The number of aromatic nitrogens is 3. The number of benzene rings is 1. The van der Waals surface area contributed by atoms with Crippen LogP contribution in [0.3, 0.4) is 0 Å². The molecule has 1 aromatic heterocycles. The molecular formula is C9H5ClF2N4. The van der Waals surface area contributed by atoms with E-state index in [1.807, 2.05) is 0 Å². The topological polar surface area (TPSA) is 50.7 Å². The van der Waals surface area contributed by atoms with Gasteiger partial charge in [-0.05, 0) is 23.7 Å². The van der Waals surface area contributed by atoms with Crippen LogP contribution in [0.5, 0.6) is 0 Å². The van der Waals surface area contributed by atoms with E-state index in [4.69, 9.17) is 11.6 Å². The number of anilines is 2. The van der Waals surface area contributed by atoms with Gasteiger partial charge in [-0.3, -0.25) is 0 Å². The molecule has 0 aliphatic carbocycles. The SMILES string of the molecule is Fc1ccc(F)c(Nc2cnnc(Cl)n2)c1. The Bertz CT molecular complexity index is 521. The fourth-order valence-corrected chi connectivity index (χ4v) is 1.21. The summed E-state index contributed by atoms with van der Waals surface area (Å²) >= 11 is 5.49. The fourth-order valence-electron chi connectivity index (χ4n) is 1.07. The first kappa shape index (κ1) is 10.7. The summed E-state index contributed by atoms with van der Waals surface area (Å²) < 4.78 is 26.1. The van der Waals surface area contributed by atoms with Gasteiger partial charge in [0.05, 0.1) is 11.9 Å². The highest BCUT2D eigenvalue weighted by Crippen LogP contribution is 2.19. The van der Waals surface area contributed by atoms with Gasteiger partial charge >= 0.3 is 0 Å². The van der Waals surface area contributed by atoms with Gasteiger partial charge in [0.2, 0.25) is 5.28 Å². The van der Waals surface area contributed by atoms with Crippen molar-refractivity contribution in [1.29, 1.82) is 0 Å². The van der Waals surface area contributed by atoms with Crippen molar-refractivity contribution in [3.8, 4) is 0 Å². The van der Waals surface area contributed by atoms with Gasteiger partial charge < -0.3 is 5.32 Å². The maximum absolute atomic E-state index is 13.2. The van der Waals surface area contributed by atoms with E-state index in [-0.39, 0.29) is 16.8 Å². The van der Waals surface area contributed by atoms with E-state index in [0.29, 0.717) is 0 Å². The Kier molecular flexibility index (Phi) is 2.91. The molecule has 4 nitrogen and oxygen atoms in total. The van der Waals surface area contributed by atoms with E-state index in [0.717, 1.165) is 18.2 Å². The molecule has 2 rings (SSSR count). The minimum atomic E-state index is -0.601. The van der Waals surface area contributed by atoms with Crippen LogP contribution in [-0.4, -0.2) is 15.2 Å². The van der Waals surface area contributed by atoms with Crippen LogP contribution < -0.4 is 5.32 Å². The normalized spacial score (nSPS) is 10.2. The predicted octanol–water partition coefficient (Wildman–Crippen LogP) is 2.55. The molecular weight excluding hydrogens is 238 g/mol. The van der Waals surface area contributed by atoms with E-state index < -0.39 is 11.6 Å². The average molecular weight is 243 g/mol. The molecule has 0 bridgehead atoms. The van der Waals surface area contributed by atoms with Gasteiger partial charge in [0.25, 0.3) is 0 Å². The molecule has 1 heterocycles. The van der Waals surface area contributed by atoms with Crippen molar-refractivity contribution in [1.82, 2.24) is 15.2 Å². The van der Waals surface area contributed by atoms with Gasteiger partial charge in [-0.25, -0.2) is 8.78 Å². The van der Waals surface area contributed by atoms with Gasteiger partial charge in [0.15, 0.2) is 5.82 Å². The quantitative estimate of drug-likeness (QED) is 0.879. The molecule has 2 aromatic rings. The van der Waals surface area contributed by atoms with Crippen LogP contribution in [0.2, 0.25) is 5.28 Å². The van der Waals surface area contributed by atoms with Gasteiger partial charge in [0, 0.05) is 6.07 Å². The molecule has 0 amide bonds. The predicted molar refractivity (Wildman–Crippen MR) is 54.5 cm³/mol. The molecule has 0 unspecified atom stereocenters. The molecule has 0 saturated heterocycles. The van der Waals surface area contributed by atoms with Gasteiger partial charge in [-0.15, -0.1) is 5.10 Å². The first-order valence-corrected chi connectivity index (χ1v) is 4.60. The van der Waals surface area contributed by atoms with E-state index >= 15 is 0 Å². The average Bonchev–Trinajstić information content (AvgIpc) is 2.24. The summed E-state index contributed by atoms with van der Waals surface area (Å²) in [7, 11) is 0. The number of nitrogens with one attached hydrogen (secondary N) is 1. The van der Waals surface area contributed by atoms with Gasteiger partial charge in [0.1, 0.15) is 11.6 Å². The minimum Gasteiger partial charge on any atom is -0.336 e. The minimum absolute atomic E-state index is 0.0448. The van der Waals surface area contributed by atoms with Crippen LogP contribution in [0, 0.1) is 11.6 Å². The highest BCUT2D eigenvalue weighted by molar-refractivity contribution is 6.28. The summed E-state index contributed by atoms with van der Waals surface area (Å²) in [6, 6.07) is 3.03. The molecule has 0 spiro atoms. The summed E-state index contributed by atoms with van der Waals surface area (Å²) in [6.45, 7) is 0. The van der Waals surface area contributed by atoms with Crippen molar-refractivity contribution in [2.24, 2.45) is 0 Å². The molecule has 0 fully saturated rings. The Balaban J connectivity index is 2.30. The van der Waals surface area contributed by atoms with Crippen molar-refractivity contribution in [3.05, 3.63) is 41.3 Å². The number of nitrogens with zero attached hydrogens (tertiary/aromatic N) is 3. The number of hydrogen-bond donors (Lipinski definition) is 1. The highest BCUT2D eigenvalue weighted by Gasteiger charge is 2.05. The lowest BCUT2D eigenvalue weighted by Gasteiger charge is -2.05. The second-order valence-corrected chi connectivity index (χ2v) is 3.20. The van der Waals surface area contributed by atoms with E-state index in [1.54, 1.807) is 0 Å². The molecule has 0 aliphatic rings. The van der Waals surface area contributed by atoms with Crippen LogP contribution in [0.25, 0.3) is 0 Å².